The molecular weight excluding hydrogens is 336 g/mol. The number of likely N-dealkylation sites (tertiary alicyclic amines) is 1. The molecule has 0 amide bonds. The lowest BCUT2D eigenvalue weighted by atomic mass is 9.90. The molecule has 4 rings (SSSR count). The van der Waals surface area contributed by atoms with E-state index in [9.17, 15) is 0 Å². The van der Waals surface area contributed by atoms with E-state index >= 15 is 0 Å². The topological polar surface area (TPSA) is 66.0 Å². The first-order valence-electron chi connectivity index (χ1n) is 10.3. The molecule has 2 N–H and O–H groups in total. The summed E-state index contributed by atoms with van der Waals surface area (Å²) < 4.78 is 0. The molecule has 0 bridgehead atoms. The first-order chi connectivity index (χ1) is 13.3. The van der Waals surface area contributed by atoms with Gasteiger partial charge in [-0.1, -0.05) is 25.3 Å². The Morgan fingerprint density at radius 1 is 1.00 bits per heavy atom. The van der Waals surface area contributed by atoms with E-state index in [2.05, 4.69) is 32.5 Å². The lowest BCUT2D eigenvalue weighted by molar-refractivity contribution is 0.255. The molecule has 0 radical (unpaired) electrons. The van der Waals surface area contributed by atoms with Crippen molar-refractivity contribution in [1.29, 1.82) is 0 Å². The predicted molar refractivity (Wildman–Crippen MR) is 110 cm³/mol. The average Bonchev–Trinajstić information content (AvgIpc) is 2.71. The fraction of sp³-hybridized carbons (Fsp3) is 0.571. The number of aromatic nitrogens is 3. The zero-order chi connectivity index (χ0) is 18.5. The highest BCUT2D eigenvalue weighted by molar-refractivity contribution is 5.54. The summed E-state index contributed by atoms with van der Waals surface area (Å²) in [6.45, 7) is 2.28. The lowest BCUT2D eigenvalue weighted by Crippen LogP contribution is -2.30. The second-order valence-corrected chi connectivity index (χ2v) is 7.89. The number of hydrogen-bond donors (Lipinski definition) is 2. The van der Waals surface area contributed by atoms with Gasteiger partial charge in [0.25, 0.3) is 0 Å². The van der Waals surface area contributed by atoms with Crippen molar-refractivity contribution in [3.63, 3.8) is 0 Å². The number of pyridine rings is 1. The van der Waals surface area contributed by atoms with Crippen molar-refractivity contribution in [1.82, 2.24) is 19.9 Å². The second-order valence-electron chi connectivity index (χ2n) is 7.89. The highest BCUT2D eigenvalue weighted by Gasteiger charge is 2.24. The molecule has 1 saturated heterocycles. The van der Waals surface area contributed by atoms with Crippen LogP contribution in [0, 0.1) is 0 Å². The van der Waals surface area contributed by atoms with Gasteiger partial charge in [-0.3, -0.25) is 0 Å². The van der Waals surface area contributed by atoms with Gasteiger partial charge in [-0.25, -0.2) is 9.97 Å². The maximum atomic E-state index is 4.87. The van der Waals surface area contributed by atoms with Crippen LogP contribution in [0.5, 0.6) is 0 Å². The molecule has 1 aliphatic carbocycles. The van der Waals surface area contributed by atoms with Crippen molar-refractivity contribution < 1.29 is 0 Å². The summed E-state index contributed by atoms with van der Waals surface area (Å²) >= 11 is 0. The molecule has 3 heterocycles. The second kappa shape index (κ2) is 8.65. The third-order valence-corrected chi connectivity index (χ3v) is 5.83. The van der Waals surface area contributed by atoms with E-state index in [1.54, 1.807) is 6.20 Å². The van der Waals surface area contributed by atoms with Crippen LogP contribution >= 0.6 is 0 Å². The van der Waals surface area contributed by atoms with E-state index in [0.29, 0.717) is 17.9 Å². The van der Waals surface area contributed by atoms with Crippen molar-refractivity contribution >= 4 is 17.6 Å². The van der Waals surface area contributed by atoms with Crippen LogP contribution in [0.4, 0.5) is 17.6 Å². The van der Waals surface area contributed by atoms with E-state index in [4.69, 9.17) is 4.98 Å². The summed E-state index contributed by atoms with van der Waals surface area (Å²) in [7, 11) is 2.20. The van der Waals surface area contributed by atoms with Crippen molar-refractivity contribution in [3.8, 4) is 0 Å². The largest absolute Gasteiger partial charge is 0.367 e. The number of piperidine rings is 1. The maximum absolute atomic E-state index is 4.87. The molecule has 6 nitrogen and oxygen atoms in total. The Morgan fingerprint density at radius 2 is 1.81 bits per heavy atom. The fourth-order valence-corrected chi connectivity index (χ4v) is 4.18. The molecule has 6 heteroatoms. The third kappa shape index (κ3) is 4.75. The van der Waals surface area contributed by atoms with Gasteiger partial charge in [-0.15, -0.1) is 0 Å². The summed E-state index contributed by atoms with van der Waals surface area (Å²) in [5.74, 6) is 2.94. The van der Waals surface area contributed by atoms with Gasteiger partial charge in [0, 0.05) is 24.0 Å². The highest BCUT2D eigenvalue weighted by atomic mass is 15.2. The molecule has 2 aliphatic rings. The standard InChI is InChI=1S/C21H30N6/c1-27-13-10-16(11-14-27)18-15-23-21(25-19-9-5-6-12-22-19)26-20(18)24-17-7-3-2-4-8-17/h5-6,9,12,15-17H,2-4,7-8,10-11,13-14H2,1H3,(H2,22,23,24,25,26). The molecule has 2 fully saturated rings. The van der Waals surface area contributed by atoms with Crippen LogP contribution in [0.2, 0.25) is 0 Å². The monoisotopic (exact) mass is 366 g/mol. The van der Waals surface area contributed by atoms with Gasteiger partial charge >= 0.3 is 0 Å². The van der Waals surface area contributed by atoms with Gasteiger partial charge in [0.1, 0.15) is 11.6 Å². The summed E-state index contributed by atoms with van der Waals surface area (Å²) in [6, 6.07) is 6.33. The van der Waals surface area contributed by atoms with Gasteiger partial charge in [-0.05, 0) is 63.9 Å². The van der Waals surface area contributed by atoms with Crippen LogP contribution in [0.1, 0.15) is 56.4 Å². The van der Waals surface area contributed by atoms with Gasteiger partial charge in [0.2, 0.25) is 5.95 Å². The normalized spacial score (nSPS) is 19.7. The SMILES string of the molecule is CN1CCC(c2cnc(Nc3ccccn3)nc2NC2CCCCC2)CC1. The van der Waals surface area contributed by atoms with Gasteiger partial charge in [0.05, 0.1) is 0 Å². The molecule has 2 aromatic heterocycles. The van der Waals surface area contributed by atoms with Crippen molar-refractivity contribution in [2.75, 3.05) is 30.8 Å². The zero-order valence-electron chi connectivity index (χ0n) is 16.2. The first kappa shape index (κ1) is 18.2. The lowest BCUT2D eigenvalue weighted by Gasteiger charge is -2.31. The Kier molecular flexibility index (Phi) is 5.82. The van der Waals surface area contributed by atoms with Gasteiger partial charge in [0.15, 0.2) is 0 Å². The summed E-state index contributed by atoms with van der Waals surface area (Å²) in [5.41, 5.74) is 1.28. The van der Waals surface area contributed by atoms with Gasteiger partial charge < -0.3 is 15.5 Å². The minimum absolute atomic E-state index is 0.529. The third-order valence-electron chi connectivity index (χ3n) is 5.83. The molecular formula is C21H30N6. The van der Waals surface area contributed by atoms with Crippen molar-refractivity contribution in [2.45, 2.75) is 56.9 Å². The van der Waals surface area contributed by atoms with E-state index in [0.717, 1.165) is 24.7 Å². The first-order valence-corrected chi connectivity index (χ1v) is 10.3. The molecule has 0 spiro atoms. The van der Waals surface area contributed by atoms with Crippen LogP contribution in [0.25, 0.3) is 0 Å². The minimum Gasteiger partial charge on any atom is -0.367 e. The molecule has 0 aromatic carbocycles. The smallest absolute Gasteiger partial charge is 0.230 e. The number of nitrogens with zero attached hydrogens (tertiary/aromatic N) is 4. The molecule has 2 aromatic rings. The number of rotatable bonds is 5. The van der Waals surface area contributed by atoms with E-state index in [-0.39, 0.29) is 0 Å². The molecule has 0 atom stereocenters. The van der Waals surface area contributed by atoms with E-state index < -0.39 is 0 Å². The molecule has 144 valence electrons. The van der Waals surface area contributed by atoms with Crippen LogP contribution in [-0.4, -0.2) is 46.0 Å². The Labute approximate surface area is 161 Å². The number of nitrogens with one attached hydrogen (secondary N) is 2. The van der Waals surface area contributed by atoms with Crippen LogP contribution in [-0.2, 0) is 0 Å². The highest BCUT2D eigenvalue weighted by Crippen LogP contribution is 2.33. The average molecular weight is 367 g/mol. The Hall–Kier alpha value is -2.21. The zero-order valence-corrected chi connectivity index (χ0v) is 16.2. The summed E-state index contributed by atoms with van der Waals surface area (Å²) in [6.07, 6.45) is 12.6. The van der Waals surface area contributed by atoms with Crippen LogP contribution in [0.3, 0.4) is 0 Å². The molecule has 27 heavy (non-hydrogen) atoms. The summed E-state index contributed by atoms with van der Waals surface area (Å²) in [4.78, 5) is 16.2. The molecule has 1 saturated carbocycles. The molecule has 1 aliphatic heterocycles. The van der Waals surface area contributed by atoms with Crippen LogP contribution in [0.15, 0.2) is 30.6 Å². The number of anilines is 3. The van der Waals surface area contributed by atoms with Crippen molar-refractivity contribution in [3.05, 3.63) is 36.2 Å². The quantitative estimate of drug-likeness (QED) is 0.828. The van der Waals surface area contributed by atoms with Crippen LogP contribution < -0.4 is 10.6 Å². The predicted octanol–water partition coefficient (Wildman–Crippen LogP) is 4.17. The Bertz CT molecular complexity index is 721. The fourth-order valence-electron chi connectivity index (χ4n) is 4.18. The van der Waals surface area contributed by atoms with E-state index in [1.807, 2.05) is 24.4 Å². The number of hydrogen-bond acceptors (Lipinski definition) is 6. The Balaban J connectivity index is 1.57. The molecule has 0 unspecified atom stereocenters. The minimum atomic E-state index is 0.529. The van der Waals surface area contributed by atoms with Crippen molar-refractivity contribution in [2.24, 2.45) is 0 Å². The van der Waals surface area contributed by atoms with Gasteiger partial charge in [-0.2, -0.15) is 4.98 Å². The van der Waals surface area contributed by atoms with E-state index in [1.165, 1.54) is 50.5 Å². The Morgan fingerprint density at radius 3 is 2.56 bits per heavy atom. The maximum Gasteiger partial charge on any atom is 0.230 e. The summed E-state index contributed by atoms with van der Waals surface area (Å²) in [5, 5.41) is 7.00.